The Kier molecular flexibility index (Phi) is 5.97. The molecule has 1 fully saturated rings. The molecule has 29 heavy (non-hydrogen) atoms. The van der Waals surface area contributed by atoms with Gasteiger partial charge in [0.1, 0.15) is 0 Å². The summed E-state index contributed by atoms with van der Waals surface area (Å²) in [5.74, 6) is -1.98. The number of sulfone groups is 1. The van der Waals surface area contributed by atoms with Crippen LogP contribution < -0.4 is 10.6 Å². The van der Waals surface area contributed by atoms with Gasteiger partial charge in [0, 0.05) is 11.3 Å². The molecule has 1 aliphatic heterocycles. The number of amides is 2. The number of para-hydroxylation sites is 1. The average molecular weight is 416 g/mol. The standard InChI is InChI=1S/C20H20N2O6S/c21-19(24)14-6-8-15(9-7-14)20(25)28-12-18(23)22(16-4-2-1-3-5-16)17-10-11-29(26,27)13-17/h1-9,17H,10-13H2,(H2,21,24)/t17-/m1/s1. The molecule has 0 saturated carbocycles. The van der Waals surface area contributed by atoms with E-state index in [1.165, 1.54) is 29.2 Å². The van der Waals surface area contributed by atoms with Gasteiger partial charge in [-0.1, -0.05) is 18.2 Å². The number of rotatable bonds is 6. The molecule has 9 heteroatoms. The zero-order valence-corrected chi connectivity index (χ0v) is 16.3. The number of hydrogen-bond acceptors (Lipinski definition) is 6. The molecule has 2 aromatic rings. The Morgan fingerprint density at radius 2 is 1.62 bits per heavy atom. The highest BCUT2D eigenvalue weighted by molar-refractivity contribution is 7.91. The summed E-state index contributed by atoms with van der Waals surface area (Å²) < 4.78 is 28.8. The summed E-state index contributed by atoms with van der Waals surface area (Å²) in [4.78, 5) is 37.5. The van der Waals surface area contributed by atoms with Crippen molar-refractivity contribution in [1.82, 2.24) is 0 Å². The number of nitrogens with zero attached hydrogens (tertiary/aromatic N) is 1. The van der Waals surface area contributed by atoms with Crippen LogP contribution in [-0.4, -0.2) is 50.4 Å². The SMILES string of the molecule is NC(=O)c1ccc(C(=O)OCC(=O)N(c2ccccc2)[C@@H]2CCS(=O)(=O)C2)cc1. The van der Waals surface area contributed by atoms with Gasteiger partial charge in [-0.2, -0.15) is 0 Å². The van der Waals surface area contributed by atoms with Gasteiger partial charge in [-0.25, -0.2) is 13.2 Å². The largest absolute Gasteiger partial charge is 0.452 e. The Bertz CT molecular complexity index is 1020. The molecule has 1 heterocycles. The molecule has 0 aromatic heterocycles. The first-order chi connectivity index (χ1) is 13.8. The van der Waals surface area contributed by atoms with E-state index in [-0.39, 0.29) is 22.6 Å². The molecule has 0 spiro atoms. The molecule has 0 unspecified atom stereocenters. The van der Waals surface area contributed by atoms with Crippen LogP contribution in [0, 0.1) is 0 Å². The molecular weight excluding hydrogens is 396 g/mol. The van der Waals surface area contributed by atoms with E-state index in [2.05, 4.69) is 0 Å². The third kappa shape index (κ3) is 5.00. The number of carbonyl (C=O) groups is 3. The Hall–Kier alpha value is -3.20. The van der Waals surface area contributed by atoms with Crippen LogP contribution in [0.1, 0.15) is 27.1 Å². The molecule has 2 aromatic carbocycles. The van der Waals surface area contributed by atoms with Gasteiger partial charge in [0.05, 0.1) is 23.1 Å². The summed E-state index contributed by atoms with van der Waals surface area (Å²) >= 11 is 0. The van der Waals surface area contributed by atoms with Crippen LogP contribution in [0.2, 0.25) is 0 Å². The molecular formula is C20H20N2O6S. The van der Waals surface area contributed by atoms with Crippen molar-refractivity contribution in [2.24, 2.45) is 5.73 Å². The van der Waals surface area contributed by atoms with E-state index in [9.17, 15) is 22.8 Å². The smallest absolute Gasteiger partial charge is 0.338 e. The highest BCUT2D eigenvalue weighted by atomic mass is 32.2. The van der Waals surface area contributed by atoms with Crippen LogP contribution in [0.4, 0.5) is 5.69 Å². The third-order valence-electron chi connectivity index (χ3n) is 4.61. The van der Waals surface area contributed by atoms with Gasteiger partial charge in [0.15, 0.2) is 16.4 Å². The second-order valence-electron chi connectivity index (χ2n) is 6.67. The second kappa shape index (κ2) is 8.44. The number of carbonyl (C=O) groups excluding carboxylic acids is 3. The lowest BCUT2D eigenvalue weighted by atomic mass is 10.1. The van der Waals surface area contributed by atoms with Crippen LogP contribution >= 0.6 is 0 Å². The number of primary amides is 1. The van der Waals surface area contributed by atoms with Crippen molar-refractivity contribution >= 4 is 33.3 Å². The van der Waals surface area contributed by atoms with Gasteiger partial charge in [0.25, 0.3) is 5.91 Å². The summed E-state index contributed by atoms with van der Waals surface area (Å²) in [6, 6.07) is 13.7. The number of benzene rings is 2. The van der Waals surface area contributed by atoms with E-state index in [0.29, 0.717) is 12.1 Å². The lowest BCUT2D eigenvalue weighted by molar-refractivity contribution is -0.122. The molecule has 2 N–H and O–H groups in total. The predicted octanol–water partition coefficient (Wildman–Crippen LogP) is 1.16. The highest BCUT2D eigenvalue weighted by Gasteiger charge is 2.35. The van der Waals surface area contributed by atoms with Crippen molar-refractivity contribution in [3.8, 4) is 0 Å². The molecule has 8 nitrogen and oxygen atoms in total. The fourth-order valence-electron chi connectivity index (χ4n) is 3.18. The van der Waals surface area contributed by atoms with Crippen LogP contribution in [0.15, 0.2) is 54.6 Å². The first kappa shape index (κ1) is 20.5. The van der Waals surface area contributed by atoms with Gasteiger partial charge in [-0.15, -0.1) is 0 Å². The Balaban J connectivity index is 1.71. The van der Waals surface area contributed by atoms with Crippen molar-refractivity contribution in [2.75, 3.05) is 23.0 Å². The maximum Gasteiger partial charge on any atom is 0.338 e. The molecule has 1 atom stereocenters. The van der Waals surface area contributed by atoms with Gasteiger partial charge >= 0.3 is 5.97 Å². The number of anilines is 1. The fourth-order valence-corrected chi connectivity index (χ4v) is 4.88. The summed E-state index contributed by atoms with van der Waals surface area (Å²) in [5.41, 5.74) is 6.11. The first-order valence-corrected chi connectivity index (χ1v) is 10.7. The zero-order valence-electron chi connectivity index (χ0n) is 15.5. The minimum Gasteiger partial charge on any atom is -0.452 e. The Labute approximate surface area is 168 Å². The molecule has 3 rings (SSSR count). The Morgan fingerprint density at radius 1 is 1.00 bits per heavy atom. The highest BCUT2D eigenvalue weighted by Crippen LogP contribution is 2.24. The molecule has 0 aliphatic carbocycles. The van der Waals surface area contributed by atoms with Crippen LogP contribution in [0.5, 0.6) is 0 Å². The maximum atomic E-state index is 12.8. The number of nitrogens with two attached hydrogens (primary N) is 1. The topological polar surface area (TPSA) is 124 Å². The molecule has 0 bridgehead atoms. The molecule has 0 radical (unpaired) electrons. The molecule has 1 aliphatic rings. The van der Waals surface area contributed by atoms with E-state index in [1.807, 2.05) is 0 Å². The summed E-state index contributed by atoms with van der Waals surface area (Å²) in [6.45, 7) is -0.540. The minimum atomic E-state index is -3.21. The lowest BCUT2D eigenvalue weighted by Crippen LogP contribution is -2.43. The van der Waals surface area contributed by atoms with E-state index in [1.54, 1.807) is 30.3 Å². The number of esters is 1. The van der Waals surface area contributed by atoms with Crippen molar-refractivity contribution in [3.63, 3.8) is 0 Å². The van der Waals surface area contributed by atoms with Gasteiger partial charge in [-0.05, 0) is 42.8 Å². The lowest BCUT2D eigenvalue weighted by Gasteiger charge is -2.28. The first-order valence-electron chi connectivity index (χ1n) is 8.91. The van der Waals surface area contributed by atoms with Crippen molar-refractivity contribution < 1.29 is 27.5 Å². The summed E-state index contributed by atoms with van der Waals surface area (Å²) in [6.07, 6.45) is 0.325. The van der Waals surface area contributed by atoms with Crippen LogP contribution in [0.3, 0.4) is 0 Å². The predicted molar refractivity (Wildman–Crippen MR) is 106 cm³/mol. The maximum absolute atomic E-state index is 12.8. The average Bonchev–Trinajstić information content (AvgIpc) is 3.06. The van der Waals surface area contributed by atoms with Crippen LogP contribution in [0.25, 0.3) is 0 Å². The van der Waals surface area contributed by atoms with Crippen LogP contribution in [-0.2, 0) is 19.4 Å². The van der Waals surface area contributed by atoms with E-state index in [4.69, 9.17) is 10.5 Å². The zero-order chi connectivity index (χ0) is 21.0. The van der Waals surface area contributed by atoms with Crippen molar-refractivity contribution in [1.29, 1.82) is 0 Å². The number of hydrogen-bond donors (Lipinski definition) is 1. The number of ether oxygens (including phenoxy) is 1. The van der Waals surface area contributed by atoms with Gasteiger partial charge in [-0.3, -0.25) is 9.59 Å². The molecule has 152 valence electrons. The fraction of sp³-hybridized carbons (Fsp3) is 0.250. The molecule has 2 amide bonds. The van der Waals surface area contributed by atoms with Crippen molar-refractivity contribution in [2.45, 2.75) is 12.5 Å². The quantitative estimate of drug-likeness (QED) is 0.705. The van der Waals surface area contributed by atoms with Gasteiger partial charge in [0.2, 0.25) is 5.91 Å². The van der Waals surface area contributed by atoms with E-state index in [0.717, 1.165) is 0 Å². The third-order valence-corrected chi connectivity index (χ3v) is 6.36. The van der Waals surface area contributed by atoms with E-state index < -0.39 is 40.3 Å². The Morgan fingerprint density at radius 3 is 2.17 bits per heavy atom. The van der Waals surface area contributed by atoms with E-state index >= 15 is 0 Å². The van der Waals surface area contributed by atoms with Gasteiger partial charge < -0.3 is 15.4 Å². The second-order valence-corrected chi connectivity index (χ2v) is 8.90. The summed E-state index contributed by atoms with van der Waals surface area (Å²) in [7, 11) is -3.21. The van der Waals surface area contributed by atoms with Crippen molar-refractivity contribution in [3.05, 3.63) is 65.7 Å². The minimum absolute atomic E-state index is 0.0142. The monoisotopic (exact) mass is 416 g/mol. The summed E-state index contributed by atoms with van der Waals surface area (Å²) in [5, 5.41) is 0. The molecule has 1 saturated heterocycles. The normalized spacial score (nSPS) is 17.4.